The summed E-state index contributed by atoms with van der Waals surface area (Å²) in [5, 5.41) is 3.18. The van der Waals surface area contributed by atoms with Gasteiger partial charge in [0, 0.05) is 37.0 Å². The van der Waals surface area contributed by atoms with E-state index in [-0.39, 0.29) is 11.4 Å². The van der Waals surface area contributed by atoms with E-state index in [2.05, 4.69) is 101 Å². The molecule has 3 heterocycles. The molecular formula is C37H41N3OS. The van der Waals surface area contributed by atoms with Crippen molar-refractivity contribution in [2.45, 2.75) is 68.9 Å². The van der Waals surface area contributed by atoms with E-state index in [1.807, 2.05) is 5.38 Å². The van der Waals surface area contributed by atoms with Gasteiger partial charge in [-0.05, 0) is 61.1 Å². The Morgan fingerprint density at radius 1 is 0.690 bits per heavy atom. The number of carbonyl (C=O) groups excluding carboxylic acids is 1. The molecule has 3 aliphatic rings. The summed E-state index contributed by atoms with van der Waals surface area (Å²) in [7, 11) is 0. The molecule has 0 bridgehead atoms. The van der Waals surface area contributed by atoms with Gasteiger partial charge in [0.05, 0.1) is 10.5 Å². The van der Waals surface area contributed by atoms with Gasteiger partial charge in [-0.3, -0.25) is 9.69 Å². The topological polar surface area (TPSA) is 36.4 Å². The average molecular weight is 576 g/mol. The molecule has 4 nitrogen and oxygen atoms in total. The lowest BCUT2D eigenvalue weighted by atomic mass is 9.74. The minimum absolute atomic E-state index is 0.169. The van der Waals surface area contributed by atoms with E-state index in [4.69, 9.17) is 4.98 Å². The summed E-state index contributed by atoms with van der Waals surface area (Å²) >= 11 is 1.70. The fourth-order valence-electron chi connectivity index (χ4n) is 8.15. The highest BCUT2D eigenvalue weighted by Gasteiger charge is 2.44. The Morgan fingerprint density at radius 2 is 1.24 bits per heavy atom. The number of hydrogen-bond donors (Lipinski definition) is 0. The third-order valence-corrected chi connectivity index (χ3v) is 11.1. The monoisotopic (exact) mass is 575 g/mol. The lowest BCUT2D eigenvalue weighted by Crippen LogP contribution is -2.51. The van der Waals surface area contributed by atoms with Crippen molar-refractivity contribution in [1.29, 1.82) is 0 Å². The molecule has 1 saturated carbocycles. The fourth-order valence-corrected chi connectivity index (χ4v) is 9.11. The van der Waals surface area contributed by atoms with E-state index in [0.717, 1.165) is 50.3 Å². The minimum Gasteiger partial charge on any atom is -0.334 e. The first kappa shape index (κ1) is 27.5. The second-order valence-electron chi connectivity index (χ2n) is 12.4. The highest BCUT2D eigenvalue weighted by molar-refractivity contribution is 7.09. The molecule has 42 heavy (non-hydrogen) atoms. The van der Waals surface area contributed by atoms with Gasteiger partial charge in [0.2, 0.25) is 0 Å². The highest BCUT2D eigenvalue weighted by Crippen LogP contribution is 2.45. The molecule has 5 heteroatoms. The number of nitrogens with zero attached hydrogens (tertiary/aromatic N) is 3. The smallest absolute Gasteiger partial charge is 0.273 e. The van der Waals surface area contributed by atoms with Crippen LogP contribution in [-0.2, 0) is 5.54 Å². The summed E-state index contributed by atoms with van der Waals surface area (Å²) in [6.07, 6.45) is 9.50. The van der Waals surface area contributed by atoms with Gasteiger partial charge in [-0.15, -0.1) is 11.3 Å². The average Bonchev–Trinajstić information content (AvgIpc) is 3.57. The van der Waals surface area contributed by atoms with Crippen molar-refractivity contribution in [1.82, 2.24) is 14.8 Å². The van der Waals surface area contributed by atoms with Crippen LogP contribution in [0.25, 0.3) is 0 Å². The van der Waals surface area contributed by atoms with E-state index in [9.17, 15) is 4.79 Å². The van der Waals surface area contributed by atoms with E-state index in [0.29, 0.717) is 23.6 Å². The number of fused-ring (bicyclic) bond motifs is 1. The van der Waals surface area contributed by atoms with Crippen molar-refractivity contribution in [3.63, 3.8) is 0 Å². The first-order valence-electron chi connectivity index (χ1n) is 15.9. The first-order chi connectivity index (χ1) is 20.7. The number of rotatable bonds is 6. The van der Waals surface area contributed by atoms with Gasteiger partial charge in [0.15, 0.2) is 0 Å². The van der Waals surface area contributed by atoms with Crippen LogP contribution in [0.2, 0.25) is 0 Å². The zero-order chi connectivity index (χ0) is 28.4. The van der Waals surface area contributed by atoms with Crippen LogP contribution in [0.1, 0.15) is 89.5 Å². The van der Waals surface area contributed by atoms with E-state index < -0.39 is 0 Å². The number of benzene rings is 3. The maximum atomic E-state index is 13.7. The number of carbonyl (C=O) groups is 1. The van der Waals surface area contributed by atoms with Crippen molar-refractivity contribution >= 4 is 17.2 Å². The first-order valence-corrected chi connectivity index (χ1v) is 16.8. The summed E-state index contributed by atoms with van der Waals surface area (Å²) in [6, 6.07) is 33.4. The number of likely N-dealkylation sites (tertiary alicyclic amines) is 2. The van der Waals surface area contributed by atoms with Crippen LogP contribution < -0.4 is 0 Å². The molecule has 4 aromatic rings. The summed E-state index contributed by atoms with van der Waals surface area (Å²) in [4.78, 5) is 23.5. The highest BCUT2D eigenvalue weighted by atomic mass is 32.1. The predicted octanol–water partition coefficient (Wildman–Crippen LogP) is 8.11. The van der Waals surface area contributed by atoms with Crippen LogP contribution >= 0.6 is 11.3 Å². The summed E-state index contributed by atoms with van der Waals surface area (Å²) in [5.41, 5.74) is 4.20. The number of piperidine rings is 2. The molecule has 1 aliphatic carbocycles. The molecule has 1 amide bonds. The lowest BCUT2D eigenvalue weighted by Gasteiger charge is -2.48. The van der Waals surface area contributed by atoms with Crippen LogP contribution in [0, 0.1) is 5.92 Å². The van der Waals surface area contributed by atoms with Crippen molar-refractivity contribution in [2.75, 3.05) is 19.6 Å². The Balaban J connectivity index is 1.14. The van der Waals surface area contributed by atoms with Gasteiger partial charge in [-0.25, -0.2) is 4.98 Å². The Hall–Kier alpha value is -3.28. The van der Waals surface area contributed by atoms with Crippen LogP contribution in [0.4, 0.5) is 0 Å². The lowest BCUT2D eigenvalue weighted by molar-refractivity contribution is 0.0385. The third-order valence-electron chi connectivity index (χ3n) is 10.1. The van der Waals surface area contributed by atoms with Crippen LogP contribution in [0.5, 0.6) is 0 Å². The van der Waals surface area contributed by atoms with Gasteiger partial charge in [0.25, 0.3) is 5.91 Å². The van der Waals surface area contributed by atoms with Gasteiger partial charge < -0.3 is 4.90 Å². The molecule has 2 aliphatic heterocycles. The van der Waals surface area contributed by atoms with Crippen molar-refractivity contribution < 1.29 is 4.79 Å². The molecule has 0 radical (unpaired) electrons. The Morgan fingerprint density at radius 3 is 1.83 bits per heavy atom. The van der Waals surface area contributed by atoms with Crippen molar-refractivity contribution in [3.8, 4) is 0 Å². The van der Waals surface area contributed by atoms with Crippen LogP contribution in [0.15, 0.2) is 96.4 Å². The summed E-state index contributed by atoms with van der Waals surface area (Å²) in [5.74, 6) is 1.25. The van der Waals surface area contributed by atoms with Gasteiger partial charge in [-0.2, -0.15) is 0 Å². The molecule has 1 aromatic heterocycles. The third kappa shape index (κ3) is 5.01. The quantitative estimate of drug-likeness (QED) is 0.218. The minimum atomic E-state index is -0.371. The van der Waals surface area contributed by atoms with Gasteiger partial charge >= 0.3 is 0 Å². The standard InChI is InChI=1S/C37H41N3OS/c41-36(40-24-12-14-28-13-10-11-21-34(28)40)33-27-42-35(38-33)29-22-25-39(26-23-29)37(30-15-4-1-5-16-30,31-17-6-2-7-18-31)32-19-8-3-9-20-32/h1-9,15-20,27-29,34H,10-14,21-26H2. The second kappa shape index (κ2) is 12.1. The van der Waals surface area contributed by atoms with Crippen LogP contribution in [-0.4, -0.2) is 46.4 Å². The number of amides is 1. The maximum Gasteiger partial charge on any atom is 0.273 e. The molecular weight excluding hydrogens is 534 g/mol. The Bertz CT molecular complexity index is 1360. The Kier molecular flexibility index (Phi) is 7.96. The zero-order valence-electron chi connectivity index (χ0n) is 24.4. The summed E-state index contributed by atoms with van der Waals surface area (Å²) < 4.78 is 0. The molecule has 2 unspecified atom stereocenters. The van der Waals surface area contributed by atoms with Gasteiger partial charge in [0.1, 0.15) is 5.69 Å². The maximum absolute atomic E-state index is 13.7. The summed E-state index contributed by atoms with van der Waals surface area (Å²) in [6.45, 7) is 2.82. The normalized spacial score (nSPS) is 22.0. The van der Waals surface area contributed by atoms with Crippen molar-refractivity contribution in [2.24, 2.45) is 5.92 Å². The SMILES string of the molecule is O=C(c1csc(C2CCN(C(c3ccccc3)(c3ccccc3)c3ccccc3)CC2)n1)N1CCCC2CCCCC21. The number of hydrogen-bond acceptors (Lipinski definition) is 4. The molecule has 0 N–H and O–H groups in total. The fraction of sp³-hybridized carbons (Fsp3) is 0.405. The predicted molar refractivity (Wildman–Crippen MR) is 171 cm³/mol. The molecule has 2 atom stereocenters. The molecule has 3 aromatic carbocycles. The molecule has 7 rings (SSSR count). The molecule has 2 saturated heterocycles. The van der Waals surface area contributed by atoms with Gasteiger partial charge in [-0.1, -0.05) is 104 Å². The van der Waals surface area contributed by atoms with Crippen molar-refractivity contribution in [3.05, 3.63) is 124 Å². The largest absolute Gasteiger partial charge is 0.334 e. The molecule has 0 spiro atoms. The number of thiazole rings is 1. The van der Waals surface area contributed by atoms with E-state index >= 15 is 0 Å². The van der Waals surface area contributed by atoms with E-state index in [1.165, 1.54) is 42.4 Å². The molecule has 3 fully saturated rings. The second-order valence-corrected chi connectivity index (χ2v) is 13.3. The number of aromatic nitrogens is 1. The Labute approximate surface area is 254 Å². The van der Waals surface area contributed by atoms with Crippen LogP contribution in [0.3, 0.4) is 0 Å². The molecule has 216 valence electrons. The zero-order valence-corrected chi connectivity index (χ0v) is 25.2. The van der Waals surface area contributed by atoms with E-state index in [1.54, 1.807) is 11.3 Å².